The molecule has 0 radical (unpaired) electrons. The number of nitrogens with two attached hydrogens (primary N) is 1. The van der Waals surface area contributed by atoms with Crippen molar-refractivity contribution in [2.45, 2.75) is 18.9 Å². The van der Waals surface area contributed by atoms with Gasteiger partial charge in [-0.15, -0.1) is 0 Å². The average Bonchev–Trinajstić information content (AvgIpc) is 2.93. The molecule has 1 atom stereocenters. The third kappa shape index (κ3) is 3.53. The first-order chi connectivity index (χ1) is 9.20. The van der Waals surface area contributed by atoms with E-state index in [2.05, 4.69) is 17.2 Å². The molecule has 0 aliphatic carbocycles. The van der Waals surface area contributed by atoms with Crippen molar-refractivity contribution in [2.75, 3.05) is 18.5 Å². The maximum absolute atomic E-state index is 13.8. The monoisotopic (exact) mass is 262 g/mol. The summed E-state index contributed by atoms with van der Waals surface area (Å²) in [5.74, 6) is 4.54. The molecule has 1 aliphatic heterocycles. The Hall–Kier alpha value is -1.90. The van der Waals surface area contributed by atoms with Gasteiger partial charge in [-0.3, -0.25) is 4.79 Å². The quantitative estimate of drug-likeness (QED) is 0.788. The molecule has 5 heteroatoms. The van der Waals surface area contributed by atoms with Crippen molar-refractivity contribution in [1.82, 2.24) is 0 Å². The Morgan fingerprint density at radius 1 is 1.58 bits per heavy atom. The van der Waals surface area contributed by atoms with Gasteiger partial charge in [-0.05, 0) is 31.0 Å². The van der Waals surface area contributed by atoms with E-state index in [-0.39, 0.29) is 18.1 Å². The average molecular weight is 262 g/mol. The fourth-order valence-electron chi connectivity index (χ4n) is 1.84. The second kappa shape index (κ2) is 6.32. The number of hydrogen-bond acceptors (Lipinski definition) is 3. The lowest BCUT2D eigenvalue weighted by atomic mass is 10.2. The van der Waals surface area contributed by atoms with E-state index in [4.69, 9.17) is 10.5 Å². The number of ether oxygens (including phenoxy) is 1. The van der Waals surface area contributed by atoms with Gasteiger partial charge in [0, 0.05) is 12.2 Å². The third-order valence-corrected chi connectivity index (χ3v) is 2.78. The topological polar surface area (TPSA) is 64.3 Å². The number of nitrogens with one attached hydrogen (secondary N) is 1. The third-order valence-electron chi connectivity index (χ3n) is 2.78. The van der Waals surface area contributed by atoms with E-state index < -0.39 is 11.9 Å². The van der Waals surface area contributed by atoms with E-state index in [0.717, 1.165) is 6.42 Å². The molecule has 1 aromatic carbocycles. The molecule has 100 valence electrons. The van der Waals surface area contributed by atoms with Crippen LogP contribution in [0.15, 0.2) is 18.2 Å². The van der Waals surface area contributed by atoms with Gasteiger partial charge in [0.05, 0.1) is 12.2 Å². The van der Waals surface area contributed by atoms with E-state index >= 15 is 0 Å². The van der Waals surface area contributed by atoms with Crippen LogP contribution in [0, 0.1) is 17.7 Å². The van der Waals surface area contributed by atoms with Crippen molar-refractivity contribution >= 4 is 11.6 Å². The lowest BCUT2D eigenvalue weighted by molar-refractivity contribution is -0.124. The summed E-state index contributed by atoms with van der Waals surface area (Å²) in [6, 6.07) is 4.40. The Kier molecular flexibility index (Phi) is 4.50. The fourth-order valence-corrected chi connectivity index (χ4v) is 1.84. The minimum absolute atomic E-state index is 0.138. The first-order valence-corrected chi connectivity index (χ1v) is 6.11. The molecule has 0 spiro atoms. The zero-order valence-corrected chi connectivity index (χ0v) is 10.4. The van der Waals surface area contributed by atoms with Crippen LogP contribution in [0.3, 0.4) is 0 Å². The summed E-state index contributed by atoms with van der Waals surface area (Å²) in [7, 11) is 0. The Balaban J connectivity index is 2.06. The van der Waals surface area contributed by atoms with Gasteiger partial charge < -0.3 is 15.8 Å². The predicted molar refractivity (Wildman–Crippen MR) is 69.9 cm³/mol. The number of anilines is 1. The number of carbonyl (C=O) groups is 1. The highest BCUT2D eigenvalue weighted by Crippen LogP contribution is 2.18. The molecule has 4 nitrogen and oxygen atoms in total. The molecule has 2 rings (SSSR count). The lowest BCUT2D eigenvalue weighted by Gasteiger charge is -2.11. The van der Waals surface area contributed by atoms with Gasteiger partial charge in [0.15, 0.2) is 0 Å². The maximum atomic E-state index is 13.8. The summed E-state index contributed by atoms with van der Waals surface area (Å²) in [5, 5.41) is 2.52. The molecule has 1 fully saturated rings. The first kappa shape index (κ1) is 13.5. The number of amides is 1. The molecule has 0 saturated carbocycles. The van der Waals surface area contributed by atoms with Crippen molar-refractivity contribution in [1.29, 1.82) is 0 Å². The molecule has 3 N–H and O–H groups in total. The number of benzene rings is 1. The van der Waals surface area contributed by atoms with Crippen molar-refractivity contribution in [3.05, 3.63) is 29.6 Å². The molecule has 1 unspecified atom stereocenters. The highest BCUT2D eigenvalue weighted by molar-refractivity contribution is 5.94. The summed E-state index contributed by atoms with van der Waals surface area (Å²) >= 11 is 0. The van der Waals surface area contributed by atoms with E-state index in [0.29, 0.717) is 18.6 Å². The SMILES string of the molecule is NCC#Cc1ccc(NC(=O)C2CCCO2)c(F)c1. The molecule has 1 amide bonds. The summed E-state index contributed by atoms with van der Waals surface area (Å²) in [6.07, 6.45) is 1.05. The second-order valence-corrected chi connectivity index (χ2v) is 4.19. The molecule has 1 aromatic rings. The summed E-state index contributed by atoms with van der Waals surface area (Å²) in [5.41, 5.74) is 5.91. The summed E-state index contributed by atoms with van der Waals surface area (Å²) in [4.78, 5) is 11.8. The molecule has 0 aromatic heterocycles. The zero-order chi connectivity index (χ0) is 13.7. The van der Waals surface area contributed by atoms with Crippen molar-refractivity contribution in [2.24, 2.45) is 5.73 Å². The standard InChI is InChI=1S/C14H15FN2O2/c15-11-9-10(3-1-7-16)5-6-12(11)17-14(18)13-4-2-8-19-13/h5-6,9,13H,2,4,7-8,16H2,(H,17,18). The molecule has 1 heterocycles. The van der Waals surface area contributed by atoms with Gasteiger partial charge in [0.25, 0.3) is 5.91 Å². The maximum Gasteiger partial charge on any atom is 0.253 e. The largest absolute Gasteiger partial charge is 0.368 e. The fraction of sp³-hybridized carbons (Fsp3) is 0.357. The lowest BCUT2D eigenvalue weighted by Crippen LogP contribution is -2.27. The van der Waals surface area contributed by atoms with E-state index in [1.165, 1.54) is 12.1 Å². The Morgan fingerprint density at radius 2 is 2.42 bits per heavy atom. The molecule has 1 aliphatic rings. The van der Waals surface area contributed by atoms with Crippen LogP contribution in [0.4, 0.5) is 10.1 Å². The van der Waals surface area contributed by atoms with Crippen molar-refractivity contribution < 1.29 is 13.9 Å². The van der Waals surface area contributed by atoms with Crippen LogP contribution in [0.5, 0.6) is 0 Å². The van der Waals surface area contributed by atoms with Gasteiger partial charge in [0.1, 0.15) is 11.9 Å². The van der Waals surface area contributed by atoms with Crippen LogP contribution in [-0.4, -0.2) is 25.2 Å². The Labute approximate surface area is 111 Å². The molecule has 1 saturated heterocycles. The van der Waals surface area contributed by atoms with Gasteiger partial charge in [-0.1, -0.05) is 11.8 Å². The van der Waals surface area contributed by atoms with Crippen LogP contribution in [0.1, 0.15) is 18.4 Å². The van der Waals surface area contributed by atoms with E-state index in [1.54, 1.807) is 6.07 Å². The van der Waals surface area contributed by atoms with Gasteiger partial charge >= 0.3 is 0 Å². The van der Waals surface area contributed by atoms with Crippen molar-refractivity contribution in [3.63, 3.8) is 0 Å². The predicted octanol–water partition coefficient (Wildman–Crippen LogP) is 1.25. The molecule has 0 bridgehead atoms. The van der Waals surface area contributed by atoms with Gasteiger partial charge in [-0.25, -0.2) is 4.39 Å². The van der Waals surface area contributed by atoms with Gasteiger partial charge in [-0.2, -0.15) is 0 Å². The van der Waals surface area contributed by atoms with Crippen LogP contribution in [-0.2, 0) is 9.53 Å². The first-order valence-electron chi connectivity index (χ1n) is 6.11. The minimum atomic E-state index is -0.518. The summed E-state index contributed by atoms with van der Waals surface area (Å²) in [6.45, 7) is 0.799. The molecule has 19 heavy (non-hydrogen) atoms. The minimum Gasteiger partial charge on any atom is -0.368 e. The number of carbonyl (C=O) groups excluding carboxylic acids is 1. The van der Waals surface area contributed by atoms with Crippen LogP contribution < -0.4 is 11.1 Å². The number of halogens is 1. The van der Waals surface area contributed by atoms with Crippen LogP contribution >= 0.6 is 0 Å². The zero-order valence-electron chi connectivity index (χ0n) is 10.4. The van der Waals surface area contributed by atoms with Crippen LogP contribution in [0.25, 0.3) is 0 Å². The number of hydrogen-bond donors (Lipinski definition) is 2. The Morgan fingerprint density at radius 3 is 3.05 bits per heavy atom. The number of rotatable bonds is 2. The van der Waals surface area contributed by atoms with Crippen LogP contribution in [0.2, 0.25) is 0 Å². The van der Waals surface area contributed by atoms with E-state index in [1.807, 2.05) is 0 Å². The summed E-state index contributed by atoms with van der Waals surface area (Å²) < 4.78 is 19.0. The Bertz CT molecular complexity index is 528. The van der Waals surface area contributed by atoms with Crippen molar-refractivity contribution in [3.8, 4) is 11.8 Å². The highest BCUT2D eigenvalue weighted by atomic mass is 19.1. The molecular weight excluding hydrogens is 247 g/mol. The second-order valence-electron chi connectivity index (χ2n) is 4.19. The van der Waals surface area contributed by atoms with Gasteiger partial charge in [0.2, 0.25) is 0 Å². The smallest absolute Gasteiger partial charge is 0.253 e. The highest BCUT2D eigenvalue weighted by Gasteiger charge is 2.24. The van der Waals surface area contributed by atoms with E-state index in [9.17, 15) is 9.18 Å². The normalized spacial score (nSPS) is 17.7. The molecular formula is C14H15FN2O2.